The van der Waals surface area contributed by atoms with Crippen LogP contribution in [0.4, 0.5) is 0 Å². The molecule has 0 radical (unpaired) electrons. The molecule has 0 saturated carbocycles. The van der Waals surface area contributed by atoms with Gasteiger partial charge < -0.3 is 14.4 Å². The number of aromatic nitrogens is 2. The molecule has 0 spiro atoms. The Morgan fingerprint density at radius 2 is 2.32 bits per heavy atom. The number of ether oxygens (including phenoxy) is 1. The van der Waals surface area contributed by atoms with E-state index in [1.165, 1.54) is 0 Å². The van der Waals surface area contributed by atoms with Crippen LogP contribution in [0.5, 0.6) is 0 Å². The molecule has 1 aliphatic rings. The number of hydrogen-bond acceptors (Lipinski definition) is 6. The van der Waals surface area contributed by atoms with Crippen LogP contribution >= 0.6 is 0 Å². The molecule has 0 bridgehead atoms. The summed E-state index contributed by atoms with van der Waals surface area (Å²) in [5.41, 5.74) is 0. The molecule has 1 saturated heterocycles. The van der Waals surface area contributed by atoms with Gasteiger partial charge in [0.05, 0.1) is 19.1 Å². The first-order valence-electron chi connectivity index (χ1n) is 7.07. The maximum Gasteiger partial charge on any atom is 0.229 e. The van der Waals surface area contributed by atoms with Gasteiger partial charge in [-0.05, 0) is 19.4 Å². The minimum Gasteiger partial charge on any atom is -0.393 e. The van der Waals surface area contributed by atoms with Gasteiger partial charge in [0.1, 0.15) is 6.10 Å². The third kappa shape index (κ3) is 3.99. The van der Waals surface area contributed by atoms with Gasteiger partial charge in [0.15, 0.2) is 0 Å². The SMILES string of the molecule is CCCN1CCOC(c2noc(CC(O)CC)n2)C1. The highest BCUT2D eigenvalue weighted by molar-refractivity contribution is 4.95. The average Bonchev–Trinajstić information content (AvgIpc) is 2.88. The summed E-state index contributed by atoms with van der Waals surface area (Å²) in [7, 11) is 0. The molecule has 1 aromatic heterocycles. The van der Waals surface area contributed by atoms with Crippen LogP contribution in [0.15, 0.2) is 4.52 Å². The van der Waals surface area contributed by atoms with Crippen LogP contribution in [-0.2, 0) is 11.2 Å². The highest BCUT2D eigenvalue weighted by Crippen LogP contribution is 2.20. The summed E-state index contributed by atoms with van der Waals surface area (Å²) in [4.78, 5) is 6.68. The van der Waals surface area contributed by atoms with E-state index in [-0.39, 0.29) is 6.10 Å². The Balaban J connectivity index is 1.94. The minimum atomic E-state index is -0.419. The topological polar surface area (TPSA) is 71.6 Å². The quantitative estimate of drug-likeness (QED) is 0.835. The van der Waals surface area contributed by atoms with Gasteiger partial charge in [0, 0.05) is 13.1 Å². The fourth-order valence-corrected chi connectivity index (χ4v) is 2.21. The van der Waals surface area contributed by atoms with Crippen molar-refractivity contribution in [2.45, 2.75) is 45.3 Å². The monoisotopic (exact) mass is 269 g/mol. The van der Waals surface area contributed by atoms with Crippen LogP contribution in [0.1, 0.15) is 44.5 Å². The van der Waals surface area contributed by atoms with Gasteiger partial charge in [-0.25, -0.2) is 0 Å². The standard InChI is InChI=1S/C13H23N3O3/c1-3-5-16-6-7-18-11(9-16)13-14-12(19-15-13)8-10(17)4-2/h10-11,17H,3-9H2,1-2H3. The van der Waals surface area contributed by atoms with Crippen LogP contribution in [0.25, 0.3) is 0 Å². The number of hydrogen-bond donors (Lipinski definition) is 1. The highest BCUT2D eigenvalue weighted by Gasteiger charge is 2.26. The van der Waals surface area contributed by atoms with Crippen molar-refractivity contribution in [1.29, 1.82) is 0 Å². The van der Waals surface area contributed by atoms with Crippen molar-refractivity contribution in [3.8, 4) is 0 Å². The van der Waals surface area contributed by atoms with Gasteiger partial charge in [-0.15, -0.1) is 0 Å². The van der Waals surface area contributed by atoms with Gasteiger partial charge in [0.25, 0.3) is 0 Å². The normalized spacial score (nSPS) is 22.6. The van der Waals surface area contributed by atoms with Crippen LogP contribution < -0.4 is 0 Å². The van der Waals surface area contributed by atoms with E-state index in [0.717, 1.165) is 26.1 Å². The summed E-state index contributed by atoms with van der Waals surface area (Å²) in [6, 6.07) is 0. The third-order valence-electron chi connectivity index (χ3n) is 3.34. The molecule has 2 atom stereocenters. The lowest BCUT2D eigenvalue weighted by Gasteiger charge is -2.30. The molecule has 1 aromatic rings. The summed E-state index contributed by atoms with van der Waals surface area (Å²) in [5.74, 6) is 1.08. The van der Waals surface area contributed by atoms with Crippen LogP contribution in [-0.4, -0.2) is 52.5 Å². The fraction of sp³-hybridized carbons (Fsp3) is 0.846. The zero-order chi connectivity index (χ0) is 13.7. The van der Waals surface area contributed by atoms with E-state index < -0.39 is 6.10 Å². The molecule has 2 unspecified atom stereocenters. The molecule has 19 heavy (non-hydrogen) atoms. The molecule has 2 rings (SSSR count). The Morgan fingerprint density at radius 3 is 3.05 bits per heavy atom. The van der Waals surface area contributed by atoms with Gasteiger partial charge >= 0.3 is 0 Å². The summed E-state index contributed by atoms with van der Waals surface area (Å²) in [6.45, 7) is 7.63. The second-order valence-corrected chi connectivity index (χ2v) is 4.97. The van der Waals surface area contributed by atoms with Gasteiger partial charge in [0.2, 0.25) is 11.7 Å². The first-order chi connectivity index (χ1) is 9.22. The zero-order valence-corrected chi connectivity index (χ0v) is 11.7. The van der Waals surface area contributed by atoms with Crippen molar-refractivity contribution in [3.63, 3.8) is 0 Å². The van der Waals surface area contributed by atoms with E-state index in [1.54, 1.807) is 0 Å². The maximum atomic E-state index is 9.58. The predicted octanol–water partition coefficient (Wildman–Crippen LogP) is 1.17. The predicted molar refractivity (Wildman–Crippen MR) is 69.7 cm³/mol. The van der Waals surface area contributed by atoms with Crippen molar-refractivity contribution in [3.05, 3.63) is 11.7 Å². The lowest BCUT2D eigenvalue weighted by molar-refractivity contribution is -0.0350. The van der Waals surface area contributed by atoms with E-state index in [9.17, 15) is 5.11 Å². The number of morpholine rings is 1. The van der Waals surface area contributed by atoms with Gasteiger partial charge in [-0.2, -0.15) is 4.98 Å². The Bertz CT molecular complexity index is 381. The van der Waals surface area contributed by atoms with Crippen molar-refractivity contribution in [1.82, 2.24) is 15.0 Å². The second kappa shape index (κ2) is 6.98. The van der Waals surface area contributed by atoms with Crippen LogP contribution in [0.2, 0.25) is 0 Å². The number of nitrogens with zero attached hydrogens (tertiary/aromatic N) is 3. The molecule has 6 heteroatoms. The van der Waals surface area contributed by atoms with Crippen molar-refractivity contribution in [2.75, 3.05) is 26.2 Å². The zero-order valence-electron chi connectivity index (χ0n) is 11.7. The molecular weight excluding hydrogens is 246 g/mol. The van der Waals surface area contributed by atoms with Crippen molar-refractivity contribution >= 4 is 0 Å². The molecular formula is C13H23N3O3. The molecule has 2 heterocycles. The van der Waals surface area contributed by atoms with Crippen LogP contribution in [0.3, 0.4) is 0 Å². The van der Waals surface area contributed by atoms with Crippen molar-refractivity contribution in [2.24, 2.45) is 0 Å². The molecule has 0 aromatic carbocycles. The third-order valence-corrected chi connectivity index (χ3v) is 3.34. The lowest BCUT2D eigenvalue weighted by atomic mass is 10.2. The van der Waals surface area contributed by atoms with E-state index >= 15 is 0 Å². The maximum absolute atomic E-state index is 9.58. The Morgan fingerprint density at radius 1 is 1.47 bits per heavy atom. The first kappa shape index (κ1) is 14.4. The number of aliphatic hydroxyl groups is 1. The summed E-state index contributed by atoms with van der Waals surface area (Å²) < 4.78 is 10.9. The van der Waals surface area contributed by atoms with E-state index in [4.69, 9.17) is 9.26 Å². The molecule has 0 aliphatic carbocycles. The largest absolute Gasteiger partial charge is 0.393 e. The van der Waals surface area contributed by atoms with Gasteiger partial charge in [-0.3, -0.25) is 4.90 Å². The number of rotatable bonds is 6. The highest BCUT2D eigenvalue weighted by atomic mass is 16.5. The lowest BCUT2D eigenvalue weighted by Crippen LogP contribution is -2.39. The van der Waals surface area contributed by atoms with E-state index in [0.29, 0.717) is 31.2 Å². The second-order valence-electron chi connectivity index (χ2n) is 4.97. The summed E-state index contributed by atoms with van der Waals surface area (Å²) in [5, 5.41) is 13.5. The van der Waals surface area contributed by atoms with Crippen molar-refractivity contribution < 1.29 is 14.4 Å². The Kier molecular flexibility index (Phi) is 5.30. The molecule has 1 N–H and O–H groups in total. The van der Waals surface area contributed by atoms with E-state index in [1.807, 2.05) is 6.92 Å². The summed E-state index contributed by atoms with van der Waals surface area (Å²) in [6.07, 6.45) is 1.69. The number of aliphatic hydroxyl groups excluding tert-OH is 1. The average molecular weight is 269 g/mol. The molecule has 1 aliphatic heterocycles. The fourth-order valence-electron chi connectivity index (χ4n) is 2.21. The smallest absolute Gasteiger partial charge is 0.229 e. The Labute approximate surface area is 113 Å². The molecule has 0 amide bonds. The molecule has 108 valence electrons. The molecule has 1 fully saturated rings. The minimum absolute atomic E-state index is 0.114. The van der Waals surface area contributed by atoms with E-state index in [2.05, 4.69) is 22.0 Å². The van der Waals surface area contributed by atoms with Gasteiger partial charge in [-0.1, -0.05) is 19.0 Å². The first-order valence-corrected chi connectivity index (χ1v) is 7.07. The Hall–Kier alpha value is -0.980. The van der Waals surface area contributed by atoms with Crippen LogP contribution in [0, 0.1) is 0 Å². The molecule has 6 nitrogen and oxygen atoms in total. The summed E-state index contributed by atoms with van der Waals surface area (Å²) >= 11 is 0.